The molecule has 1 N–H and O–H groups in total. The largest absolute Gasteiger partial charge is 0.497 e. The van der Waals surface area contributed by atoms with Crippen LogP contribution in [-0.2, 0) is 13.6 Å². The van der Waals surface area contributed by atoms with Gasteiger partial charge < -0.3 is 9.84 Å². The molecule has 21 heavy (non-hydrogen) atoms. The highest BCUT2D eigenvalue weighted by atomic mass is 16.5. The van der Waals surface area contributed by atoms with Crippen molar-refractivity contribution < 1.29 is 9.84 Å². The summed E-state index contributed by atoms with van der Waals surface area (Å²) in [5.41, 5.74) is 2.21. The van der Waals surface area contributed by atoms with E-state index >= 15 is 0 Å². The Morgan fingerprint density at radius 3 is 3.00 bits per heavy atom. The average Bonchev–Trinajstić information content (AvgIpc) is 3.06. The number of nitrogens with zero attached hydrogens (tertiary/aromatic N) is 4. The predicted molar refractivity (Wildman–Crippen MR) is 77.8 cm³/mol. The lowest BCUT2D eigenvalue weighted by Gasteiger charge is -2.24. The number of likely N-dealkylation sites (tertiary alicyclic amines) is 1. The third-order valence-corrected chi connectivity index (χ3v) is 4.03. The maximum absolute atomic E-state index is 10.0. The van der Waals surface area contributed by atoms with Crippen molar-refractivity contribution in [2.45, 2.75) is 25.1 Å². The number of aryl methyl sites for hydroxylation is 1. The van der Waals surface area contributed by atoms with E-state index in [4.69, 9.17) is 4.74 Å². The molecule has 1 saturated heterocycles. The molecule has 1 aromatic carbocycles. The second-order valence-electron chi connectivity index (χ2n) is 5.46. The van der Waals surface area contributed by atoms with Crippen LogP contribution in [-0.4, -0.2) is 44.8 Å². The minimum atomic E-state index is -0.303. The number of methoxy groups -OCH3 is 1. The summed E-state index contributed by atoms with van der Waals surface area (Å²) < 4.78 is 7.07. The normalized spacial score (nSPS) is 22.6. The van der Waals surface area contributed by atoms with Gasteiger partial charge in [-0.05, 0) is 24.1 Å². The summed E-state index contributed by atoms with van der Waals surface area (Å²) in [5, 5.41) is 17.9. The molecule has 0 bridgehead atoms. The molecule has 3 rings (SSSR count). The van der Waals surface area contributed by atoms with E-state index in [9.17, 15) is 5.11 Å². The third kappa shape index (κ3) is 2.91. The van der Waals surface area contributed by atoms with Gasteiger partial charge in [0, 0.05) is 26.2 Å². The van der Waals surface area contributed by atoms with E-state index in [0.717, 1.165) is 24.4 Å². The molecule has 1 fully saturated rings. The first-order valence-corrected chi connectivity index (χ1v) is 7.07. The smallest absolute Gasteiger partial charge is 0.119 e. The summed E-state index contributed by atoms with van der Waals surface area (Å²) in [6.07, 6.45) is 2.20. The van der Waals surface area contributed by atoms with Crippen LogP contribution in [0.1, 0.15) is 23.7 Å². The summed E-state index contributed by atoms with van der Waals surface area (Å²) in [5.74, 6) is 0.844. The Labute approximate surface area is 124 Å². The predicted octanol–water partition coefficient (Wildman–Crippen LogP) is 1.13. The molecule has 6 nitrogen and oxygen atoms in total. The van der Waals surface area contributed by atoms with Gasteiger partial charge in [0.25, 0.3) is 0 Å². The number of ether oxygens (including phenoxy) is 1. The molecular formula is C15H20N4O2. The van der Waals surface area contributed by atoms with Crippen LogP contribution in [0.3, 0.4) is 0 Å². The molecule has 112 valence electrons. The zero-order valence-electron chi connectivity index (χ0n) is 12.3. The number of benzene rings is 1. The number of rotatable bonds is 4. The Morgan fingerprint density at radius 1 is 1.43 bits per heavy atom. The van der Waals surface area contributed by atoms with Gasteiger partial charge in [-0.25, -0.2) is 0 Å². The Hall–Kier alpha value is -1.92. The lowest BCUT2D eigenvalue weighted by molar-refractivity contribution is 0.171. The van der Waals surface area contributed by atoms with E-state index in [1.165, 1.54) is 5.56 Å². The second kappa shape index (κ2) is 5.83. The summed E-state index contributed by atoms with van der Waals surface area (Å²) in [6.45, 7) is 1.38. The summed E-state index contributed by atoms with van der Waals surface area (Å²) in [6, 6.07) is 8.23. The maximum atomic E-state index is 10.0. The SMILES string of the molecule is COc1cccc([C@@H]2C[C@@H](O)CN2Cc2cnnn2C)c1. The van der Waals surface area contributed by atoms with Crippen molar-refractivity contribution in [2.75, 3.05) is 13.7 Å². The zero-order chi connectivity index (χ0) is 14.8. The van der Waals surface area contributed by atoms with Crippen molar-refractivity contribution in [1.29, 1.82) is 0 Å². The topological polar surface area (TPSA) is 63.4 Å². The lowest BCUT2D eigenvalue weighted by Crippen LogP contribution is -2.25. The Bertz CT molecular complexity index is 613. The van der Waals surface area contributed by atoms with Crippen LogP contribution in [0, 0.1) is 0 Å². The van der Waals surface area contributed by atoms with Crippen molar-refractivity contribution in [2.24, 2.45) is 7.05 Å². The molecule has 2 atom stereocenters. The standard InChI is InChI=1S/C15H20N4O2/c1-18-12(8-16-17-18)9-19-10-13(20)7-15(19)11-4-3-5-14(6-11)21-2/h3-6,8,13,15,20H,7,9-10H2,1-2H3/t13-,15+/m1/s1. The Balaban J connectivity index is 1.83. The zero-order valence-corrected chi connectivity index (χ0v) is 12.3. The van der Waals surface area contributed by atoms with Crippen LogP contribution in [0.25, 0.3) is 0 Å². The lowest BCUT2D eigenvalue weighted by atomic mass is 10.0. The van der Waals surface area contributed by atoms with E-state index in [2.05, 4.69) is 21.3 Å². The van der Waals surface area contributed by atoms with E-state index < -0.39 is 0 Å². The van der Waals surface area contributed by atoms with Crippen LogP contribution in [0.4, 0.5) is 0 Å². The van der Waals surface area contributed by atoms with Crippen LogP contribution >= 0.6 is 0 Å². The molecule has 6 heteroatoms. The number of aromatic nitrogens is 3. The van der Waals surface area contributed by atoms with Crippen molar-refractivity contribution in [3.05, 3.63) is 41.7 Å². The van der Waals surface area contributed by atoms with Crippen molar-refractivity contribution in [1.82, 2.24) is 19.9 Å². The fraction of sp³-hybridized carbons (Fsp3) is 0.467. The fourth-order valence-electron chi connectivity index (χ4n) is 2.91. The molecule has 1 aliphatic heterocycles. The van der Waals surface area contributed by atoms with Crippen LogP contribution in [0.2, 0.25) is 0 Å². The minimum absolute atomic E-state index is 0.185. The first-order valence-electron chi connectivity index (χ1n) is 7.07. The molecule has 2 aromatic rings. The third-order valence-electron chi connectivity index (χ3n) is 4.03. The van der Waals surface area contributed by atoms with Gasteiger partial charge in [0.05, 0.1) is 25.1 Å². The van der Waals surface area contributed by atoms with Gasteiger partial charge >= 0.3 is 0 Å². The highest BCUT2D eigenvalue weighted by Gasteiger charge is 2.32. The van der Waals surface area contributed by atoms with E-state index in [-0.39, 0.29) is 12.1 Å². The number of aliphatic hydroxyl groups is 1. The van der Waals surface area contributed by atoms with E-state index in [1.54, 1.807) is 18.0 Å². The highest BCUT2D eigenvalue weighted by Crippen LogP contribution is 2.34. The van der Waals surface area contributed by atoms with Crippen LogP contribution in [0.5, 0.6) is 5.75 Å². The molecule has 0 aliphatic carbocycles. The van der Waals surface area contributed by atoms with E-state index in [1.807, 2.05) is 25.2 Å². The first-order chi connectivity index (χ1) is 10.2. The van der Waals surface area contributed by atoms with E-state index in [0.29, 0.717) is 6.54 Å². The number of hydrogen-bond donors (Lipinski definition) is 1. The quantitative estimate of drug-likeness (QED) is 0.914. The molecule has 0 radical (unpaired) electrons. The summed E-state index contributed by atoms with van der Waals surface area (Å²) >= 11 is 0. The molecule has 1 aromatic heterocycles. The molecule has 0 amide bonds. The van der Waals surface area contributed by atoms with Gasteiger partial charge in [-0.3, -0.25) is 9.58 Å². The summed E-state index contributed by atoms with van der Waals surface area (Å²) in [4.78, 5) is 2.26. The molecule has 2 heterocycles. The number of β-amino-alcohol motifs (C(OH)–C–C–N with tert-alkyl or cyclic N) is 1. The minimum Gasteiger partial charge on any atom is -0.497 e. The fourth-order valence-corrected chi connectivity index (χ4v) is 2.91. The van der Waals surface area contributed by atoms with Crippen molar-refractivity contribution in [3.8, 4) is 5.75 Å². The second-order valence-corrected chi connectivity index (χ2v) is 5.46. The first kappa shape index (κ1) is 14.0. The van der Waals surface area contributed by atoms with Gasteiger partial charge in [0.1, 0.15) is 5.75 Å². The highest BCUT2D eigenvalue weighted by molar-refractivity contribution is 5.31. The summed E-state index contributed by atoms with van der Waals surface area (Å²) in [7, 11) is 3.55. The molecular weight excluding hydrogens is 268 g/mol. The van der Waals surface area contributed by atoms with Gasteiger partial charge in [0.2, 0.25) is 0 Å². The van der Waals surface area contributed by atoms with Gasteiger partial charge in [-0.1, -0.05) is 17.3 Å². The van der Waals surface area contributed by atoms with Crippen LogP contribution in [0.15, 0.2) is 30.5 Å². The maximum Gasteiger partial charge on any atom is 0.119 e. The molecule has 0 spiro atoms. The van der Waals surface area contributed by atoms with Crippen LogP contribution < -0.4 is 4.74 Å². The Kier molecular flexibility index (Phi) is 3.90. The number of aliphatic hydroxyl groups excluding tert-OH is 1. The number of hydrogen-bond acceptors (Lipinski definition) is 5. The van der Waals surface area contributed by atoms with Gasteiger partial charge in [-0.15, -0.1) is 5.10 Å². The van der Waals surface area contributed by atoms with Gasteiger partial charge in [-0.2, -0.15) is 0 Å². The molecule has 1 aliphatic rings. The molecule has 0 saturated carbocycles. The average molecular weight is 288 g/mol. The van der Waals surface area contributed by atoms with Crippen molar-refractivity contribution in [3.63, 3.8) is 0 Å². The van der Waals surface area contributed by atoms with Crippen molar-refractivity contribution >= 4 is 0 Å². The monoisotopic (exact) mass is 288 g/mol. The Morgan fingerprint density at radius 2 is 2.29 bits per heavy atom. The molecule has 0 unspecified atom stereocenters. The van der Waals surface area contributed by atoms with Gasteiger partial charge in [0.15, 0.2) is 0 Å².